The summed E-state index contributed by atoms with van der Waals surface area (Å²) in [6, 6.07) is 4.05. The lowest BCUT2D eigenvalue weighted by molar-refractivity contribution is -0.149. The molecule has 4 aromatic rings. The number of ether oxygens (including phenoxy) is 1. The van der Waals surface area contributed by atoms with Crippen LogP contribution in [0.25, 0.3) is 22.6 Å². The van der Waals surface area contributed by atoms with Crippen LogP contribution in [0.15, 0.2) is 77.3 Å². The molecular weight excluding hydrogens is 1180 g/mol. The molecule has 31 nitrogen and oxygen atoms in total. The number of nitrogens with zero attached hydrogens (tertiary/aromatic N) is 3. The lowest BCUT2D eigenvalue weighted by Crippen LogP contribution is -2.64. The third-order valence-corrected chi connectivity index (χ3v) is 15.5. The van der Waals surface area contributed by atoms with Gasteiger partial charge in [0.05, 0.1) is 37.4 Å². The summed E-state index contributed by atoms with van der Waals surface area (Å²) in [5.74, 6) is -12.3. The van der Waals surface area contributed by atoms with Gasteiger partial charge >= 0.3 is 0 Å². The fraction of sp³-hybridized carbons (Fsp3) is 0.482. The molecule has 7 rings (SSSR count). The largest absolute Gasteiger partial charge is 0.740 e. The van der Waals surface area contributed by atoms with Crippen LogP contribution in [0.4, 0.5) is 0 Å². The number of hydrogen-bond acceptors (Lipinski definition) is 23. The molecule has 0 spiro atoms. The minimum absolute atomic E-state index is 0.0976. The molecule has 32 heteroatoms. The number of rotatable bonds is 18. The predicted octanol–water partition coefficient (Wildman–Crippen LogP) is -3.91. The second-order valence-corrected chi connectivity index (χ2v) is 22.3. The molecule has 0 aliphatic carbocycles. The number of nitrogens with two attached hydrogens (primary N) is 1. The first kappa shape index (κ1) is 67.3. The minimum atomic E-state index is -3.31. The van der Waals surface area contributed by atoms with Gasteiger partial charge in [-0.2, -0.15) is 0 Å². The number of fused-ring (bicyclic) bond motifs is 2. The number of phenols is 1. The molecule has 3 fully saturated rings. The van der Waals surface area contributed by atoms with E-state index in [0.717, 1.165) is 38.3 Å². The molecule has 0 radical (unpaired) electrons. The van der Waals surface area contributed by atoms with Gasteiger partial charge in [0.15, 0.2) is 23.5 Å². The molecule has 16 N–H and O–H groups in total. The van der Waals surface area contributed by atoms with E-state index < -0.39 is 199 Å². The highest BCUT2D eigenvalue weighted by atomic mass is 32.2. The van der Waals surface area contributed by atoms with Crippen LogP contribution in [0.1, 0.15) is 81.3 Å². The van der Waals surface area contributed by atoms with Crippen molar-refractivity contribution in [3.05, 3.63) is 83.9 Å². The number of phenolic OH excluding ortho intramolecular Hbond substituents is 1. The summed E-state index contributed by atoms with van der Waals surface area (Å²) < 4.78 is 38.7. The third-order valence-electron chi connectivity index (χ3n) is 15.1. The quantitative estimate of drug-likeness (QED) is 0.0334. The van der Waals surface area contributed by atoms with Gasteiger partial charge < -0.3 is 106 Å². The second-order valence-electron chi connectivity index (χ2n) is 21.7. The monoisotopic (exact) mass is 1250 g/mol. The van der Waals surface area contributed by atoms with Crippen molar-refractivity contribution in [1.29, 1.82) is 0 Å². The zero-order valence-electron chi connectivity index (χ0n) is 47.6. The maximum atomic E-state index is 14.7. The van der Waals surface area contributed by atoms with E-state index >= 15 is 0 Å². The predicted molar refractivity (Wildman–Crippen MR) is 301 cm³/mol. The van der Waals surface area contributed by atoms with Crippen molar-refractivity contribution in [3.63, 3.8) is 0 Å². The average molecular weight is 1250 g/mol. The minimum Gasteiger partial charge on any atom is -0.740 e. The van der Waals surface area contributed by atoms with Crippen molar-refractivity contribution in [3.8, 4) is 39.8 Å². The SMILES string of the molecule is CCCCCOc1ccc(-c2cc(-c3ccc(C(=O)NC4CC(O)C(O)NC(=O)C5C(O)C(C)CN5C(=O)C(C(O)CC(N)=O)NC(=O)C(C(O)C(O)c5ccc(O)c(OS(=O)[O-])c5)NC(=O)C5CC(O)CN5C(=O)C(C(C)O)NC4=O)cc3)no2)cc1. The Bertz CT molecular complexity index is 3190. The Kier molecular flexibility index (Phi) is 22.7. The van der Waals surface area contributed by atoms with Crippen LogP contribution in [0.2, 0.25) is 0 Å². The molecule has 3 saturated heterocycles. The zero-order valence-corrected chi connectivity index (χ0v) is 48.4. The van der Waals surface area contributed by atoms with Crippen LogP contribution < -0.4 is 41.2 Å². The number of nitrogens with one attached hydrogen (secondary N) is 5. The second kappa shape index (κ2) is 29.7. The fourth-order valence-corrected chi connectivity index (χ4v) is 10.6. The third kappa shape index (κ3) is 16.3. The van der Waals surface area contributed by atoms with Gasteiger partial charge in [0.1, 0.15) is 77.4 Å². The summed E-state index contributed by atoms with van der Waals surface area (Å²) in [5, 5.41) is 116. The Hall–Kier alpha value is -8.18. The van der Waals surface area contributed by atoms with Gasteiger partial charge in [0.2, 0.25) is 41.4 Å². The standard InChI is InChI=1S/C56H71N9O22S/c1-4-5-6-17-85-32-14-11-28(12-15-32)39-21-33(63-86-39)27-7-9-29(10-8-27)49(75)58-34-20-38(70)52(78)62-54(80)45-46(72)25(2)23-65(45)56(82)43(37(69)22-41(57)71)60-53(79)44(48(74)47(73)30-13-16-36(68)40(18-30)87-88(83)84)61-51(77)35-19-31(67)24-64(35)55(81)42(26(3)66)59-50(34)76/h7-16,18,21,25-26,31,34-35,37-38,42-48,52,66-70,72-74,78H,4-6,17,19-20,22-24H2,1-3H3,(H2,57,71)(H,58,75)(H,59,76)(H,60,79)(H,61,77)(H,62,80)(H,83,84)/p-1. The maximum Gasteiger partial charge on any atom is 0.251 e. The van der Waals surface area contributed by atoms with Crippen molar-refractivity contribution in [2.24, 2.45) is 11.7 Å². The molecule has 1 aromatic heterocycles. The molecule has 3 aliphatic rings. The molecule has 16 unspecified atom stereocenters. The normalized spacial score (nSPS) is 26.8. The first-order valence-electron chi connectivity index (χ1n) is 27.9. The van der Waals surface area contributed by atoms with Crippen LogP contribution in [0.3, 0.4) is 0 Å². The Morgan fingerprint density at radius 3 is 2.10 bits per heavy atom. The molecule has 0 bridgehead atoms. The summed E-state index contributed by atoms with van der Waals surface area (Å²) in [7, 11) is 0. The fourth-order valence-electron chi connectivity index (χ4n) is 10.3. The van der Waals surface area contributed by atoms with Gasteiger partial charge in [-0.15, -0.1) is 0 Å². The number of benzene rings is 3. The first-order chi connectivity index (χ1) is 41.7. The van der Waals surface area contributed by atoms with Crippen LogP contribution in [-0.4, -0.2) is 216 Å². The lowest BCUT2D eigenvalue weighted by Gasteiger charge is -2.34. The van der Waals surface area contributed by atoms with Gasteiger partial charge in [-0.3, -0.25) is 38.4 Å². The highest BCUT2D eigenvalue weighted by Gasteiger charge is 2.51. The number of aliphatic hydroxyl groups excluding tert-OH is 8. The van der Waals surface area contributed by atoms with E-state index in [1.807, 2.05) is 5.32 Å². The van der Waals surface area contributed by atoms with Crippen molar-refractivity contribution in [1.82, 2.24) is 41.5 Å². The Balaban J connectivity index is 1.22. The zero-order chi connectivity index (χ0) is 64.4. The number of unbranched alkanes of at least 4 members (excludes halogenated alkanes) is 2. The number of amides is 8. The summed E-state index contributed by atoms with van der Waals surface area (Å²) in [6.07, 6.45) is -16.9. The van der Waals surface area contributed by atoms with Gasteiger partial charge in [-0.1, -0.05) is 50.0 Å². The highest BCUT2D eigenvalue weighted by molar-refractivity contribution is 7.74. The Morgan fingerprint density at radius 2 is 1.45 bits per heavy atom. The summed E-state index contributed by atoms with van der Waals surface area (Å²) in [6.45, 7) is 3.81. The molecule has 3 aliphatic heterocycles. The van der Waals surface area contributed by atoms with E-state index in [1.54, 1.807) is 30.3 Å². The van der Waals surface area contributed by atoms with Crippen molar-refractivity contribution in [2.45, 2.75) is 145 Å². The first-order valence-corrected chi connectivity index (χ1v) is 28.9. The number of carbonyl (C=O) groups excluding carboxylic acids is 8. The van der Waals surface area contributed by atoms with E-state index in [4.69, 9.17) is 15.0 Å². The van der Waals surface area contributed by atoms with Gasteiger partial charge in [0.25, 0.3) is 5.91 Å². The van der Waals surface area contributed by atoms with Gasteiger partial charge in [0, 0.05) is 54.6 Å². The number of carbonyl (C=O) groups is 8. The topological polar surface area (TPSA) is 496 Å². The maximum absolute atomic E-state index is 14.7. The Labute approximate surface area is 504 Å². The average Bonchev–Trinajstić information content (AvgIpc) is 2.06. The Morgan fingerprint density at radius 1 is 0.807 bits per heavy atom. The highest BCUT2D eigenvalue weighted by Crippen LogP contribution is 2.33. The van der Waals surface area contributed by atoms with E-state index in [-0.39, 0.29) is 5.56 Å². The van der Waals surface area contributed by atoms with E-state index in [1.165, 1.54) is 31.2 Å². The van der Waals surface area contributed by atoms with Crippen LogP contribution >= 0.6 is 0 Å². The summed E-state index contributed by atoms with van der Waals surface area (Å²) in [4.78, 5) is 115. The van der Waals surface area contributed by atoms with E-state index in [0.29, 0.717) is 50.8 Å². The smallest absolute Gasteiger partial charge is 0.251 e. The summed E-state index contributed by atoms with van der Waals surface area (Å²) in [5.41, 5.74) is 6.31. The van der Waals surface area contributed by atoms with Crippen molar-refractivity contribution >= 4 is 58.6 Å². The number of aliphatic hydroxyl groups is 8. The van der Waals surface area contributed by atoms with Crippen LogP contribution in [0.5, 0.6) is 17.2 Å². The lowest BCUT2D eigenvalue weighted by atomic mass is 9.96. The van der Waals surface area contributed by atoms with Gasteiger partial charge in [-0.05, 0) is 67.4 Å². The van der Waals surface area contributed by atoms with Crippen molar-refractivity contribution in [2.75, 3.05) is 19.7 Å². The molecule has 4 heterocycles. The molecule has 3 aromatic carbocycles. The molecule has 16 atom stereocenters. The van der Waals surface area contributed by atoms with E-state index in [2.05, 4.69) is 37.5 Å². The number of hydrogen-bond donors (Lipinski definition) is 15. The molecule has 478 valence electrons. The molecule has 0 saturated carbocycles. The molecule has 8 amide bonds. The number of primary amides is 1. The van der Waals surface area contributed by atoms with Crippen LogP contribution in [0, 0.1) is 5.92 Å². The van der Waals surface area contributed by atoms with Crippen LogP contribution in [-0.2, 0) is 44.9 Å². The van der Waals surface area contributed by atoms with Gasteiger partial charge in [-0.25, -0.2) is 4.21 Å². The summed E-state index contributed by atoms with van der Waals surface area (Å²) >= 11 is -3.31. The molecular formula is C56H70N9O22S-. The molecule has 88 heavy (non-hydrogen) atoms. The van der Waals surface area contributed by atoms with E-state index in [9.17, 15) is 93.1 Å². The number of aromatic nitrogens is 1. The van der Waals surface area contributed by atoms with Crippen molar-refractivity contribution < 1.29 is 107 Å². The number of aromatic hydroxyl groups is 1.